The average Bonchev–Trinajstić information content (AvgIpc) is 2.37. The number of fused-ring (bicyclic) bond motifs is 3. The molecule has 2 aliphatic carbocycles. The van der Waals surface area contributed by atoms with Crippen LogP contribution in [0.5, 0.6) is 0 Å². The molecule has 3 atom stereocenters. The van der Waals surface area contributed by atoms with Crippen LogP contribution < -0.4 is 0 Å². The lowest BCUT2D eigenvalue weighted by molar-refractivity contribution is 0.171. The first kappa shape index (κ1) is 10.1. The number of rotatable bonds is 1. The van der Waals surface area contributed by atoms with Crippen molar-refractivity contribution in [2.75, 3.05) is 13.7 Å². The highest BCUT2D eigenvalue weighted by Crippen LogP contribution is 2.44. The Balaban J connectivity index is 1.93. The van der Waals surface area contributed by atoms with Crippen molar-refractivity contribution in [3.8, 4) is 0 Å². The number of allylic oxidation sites excluding steroid dienone is 4. The van der Waals surface area contributed by atoms with E-state index in [2.05, 4.69) is 18.2 Å². The molecule has 3 aliphatic rings. The van der Waals surface area contributed by atoms with Gasteiger partial charge in [0.1, 0.15) is 0 Å². The monoisotopic (exact) mass is 217 g/mol. The van der Waals surface area contributed by atoms with E-state index in [9.17, 15) is 0 Å². The van der Waals surface area contributed by atoms with E-state index in [0.717, 1.165) is 6.54 Å². The SMILES string of the molecule is COC1=CC=CC2CCC3=NCCCC3C12. The molecule has 2 nitrogen and oxygen atoms in total. The number of aliphatic imine (C=N–C) groups is 1. The Hall–Kier alpha value is -1.05. The maximum atomic E-state index is 5.56. The quantitative estimate of drug-likeness (QED) is 0.661. The summed E-state index contributed by atoms with van der Waals surface area (Å²) in [5, 5.41) is 0. The van der Waals surface area contributed by atoms with Crippen LogP contribution in [0.15, 0.2) is 29.0 Å². The summed E-state index contributed by atoms with van der Waals surface area (Å²) in [5.41, 5.74) is 1.46. The van der Waals surface area contributed by atoms with Gasteiger partial charge in [-0.05, 0) is 37.7 Å². The summed E-state index contributed by atoms with van der Waals surface area (Å²) < 4.78 is 5.56. The fourth-order valence-corrected chi connectivity index (χ4v) is 3.50. The predicted molar refractivity (Wildman–Crippen MR) is 65.5 cm³/mol. The topological polar surface area (TPSA) is 21.6 Å². The number of ether oxygens (including phenoxy) is 1. The summed E-state index contributed by atoms with van der Waals surface area (Å²) in [4.78, 5) is 4.72. The minimum Gasteiger partial charge on any atom is -0.501 e. The largest absolute Gasteiger partial charge is 0.501 e. The van der Waals surface area contributed by atoms with Gasteiger partial charge in [-0.2, -0.15) is 0 Å². The van der Waals surface area contributed by atoms with Crippen molar-refractivity contribution >= 4 is 5.71 Å². The zero-order valence-electron chi connectivity index (χ0n) is 9.86. The first-order valence-electron chi connectivity index (χ1n) is 6.35. The Labute approximate surface area is 97.1 Å². The summed E-state index contributed by atoms with van der Waals surface area (Å²) in [7, 11) is 1.80. The fourth-order valence-electron chi connectivity index (χ4n) is 3.50. The first-order chi connectivity index (χ1) is 7.90. The van der Waals surface area contributed by atoms with E-state index in [1.165, 1.54) is 37.2 Å². The van der Waals surface area contributed by atoms with E-state index >= 15 is 0 Å². The summed E-state index contributed by atoms with van der Waals surface area (Å²) in [5.74, 6) is 3.08. The standard InChI is InChI=1S/C14H19NO/c1-16-13-6-2-4-10-7-8-12-11(14(10)13)5-3-9-15-12/h2,4,6,10-11,14H,3,5,7-9H2,1H3. The molecule has 1 fully saturated rings. The van der Waals surface area contributed by atoms with Gasteiger partial charge in [0.2, 0.25) is 0 Å². The maximum absolute atomic E-state index is 5.56. The lowest BCUT2D eigenvalue weighted by Gasteiger charge is -2.41. The summed E-state index contributed by atoms with van der Waals surface area (Å²) in [6.07, 6.45) is 11.7. The molecule has 1 heterocycles. The van der Waals surface area contributed by atoms with E-state index in [1.54, 1.807) is 7.11 Å². The lowest BCUT2D eigenvalue weighted by atomic mass is 9.66. The summed E-state index contributed by atoms with van der Waals surface area (Å²) in [6, 6.07) is 0. The molecule has 1 saturated carbocycles. The Morgan fingerprint density at radius 2 is 2.31 bits per heavy atom. The van der Waals surface area contributed by atoms with E-state index in [4.69, 9.17) is 9.73 Å². The molecule has 0 radical (unpaired) electrons. The van der Waals surface area contributed by atoms with Gasteiger partial charge in [-0.1, -0.05) is 12.2 Å². The molecule has 0 spiro atoms. The minimum atomic E-state index is 0.572. The van der Waals surface area contributed by atoms with E-state index < -0.39 is 0 Å². The zero-order chi connectivity index (χ0) is 11.0. The second-order valence-corrected chi connectivity index (χ2v) is 5.01. The molecule has 0 aromatic heterocycles. The number of hydrogen-bond donors (Lipinski definition) is 0. The van der Waals surface area contributed by atoms with Gasteiger partial charge in [0, 0.05) is 24.1 Å². The van der Waals surface area contributed by atoms with Crippen LogP contribution in [0.25, 0.3) is 0 Å². The van der Waals surface area contributed by atoms with Crippen LogP contribution in [0.3, 0.4) is 0 Å². The van der Waals surface area contributed by atoms with Crippen molar-refractivity contribution in [1.29, 1.82) is 0 Å². The molecule has 0 aromatic carbocycles. The van der Waals surface area contributed by atoms with Crippen molar-refractivity contribution in [2.45, 2.75) is 25.7 Å². The molecule has 86 valence electrons. The van der Waals surface area contributed by atoms with Crippen LogP contribution in [-0.2, 0) is 4.74 Å². The molecule has 0 amide bonds. The van der Waals surface area contributed by atoms with Gasteiger partial charge < -0.3 is 4.74 Å². The van der Waals surface area contributed by atoms with E-state index in [1.807, 2.05) is 0 Å². The van der Waals surface area contributed by atoms with E-state index in [-0.39, 0.29) is 0 Å². The molecule has 0 saturated heterocycles. The van der Waals surface area contributed by atoms with Crippen molar-refractivity contribution in [3.63, 3.8) is 0 Å². The third-order valence-corrected chi connectivity index (χ3v) is 4.23. The van der Waals surface area contributed by atoms with Gasteiger partial charge in [0.25, 0.3) is 0 Å². The van der Waals surface area contributed by atoms with Gasteiger partial charge in [-0.15, -0.1) is 0 Å². The third kappa shape index (κ3) is 1.51. The Morgan fingerprint density at radius 3 is 3.19 bits per heavy atom. The molecule has 2 heteroatoms. The minimum absolute atomic E-state index is 0.572. The molecule has 0 aromatic rings. The highest BCUT2D eigenvalue weighted by Gasteiger charge is 2.40. The Kier molecular flexibility index (Phi) is 2.58. The first-order valence-corrected chi connectivity index (χ1v) is 6.35. The number of hydrogen-bond acceptors (Lipinski definition) is 2. The lowest BCUT2D eigenvalue weighted by Crippen LogP contribution is -2.38. The normalized spacial score (nSPS) is 36.9. The summed E-state index contributed by atoms with van der Waals surface area (Å²) in [6.45, 7) is 1.05. The van der Waals surface area contributed by atoms with Crippen molar-refractivity contribution in [3.05, 3.63) is 24.0 Å². The third-order valence-electron chi connectivity index (χ3n) is 4.23. The summed E-state index contributed by atoms with van der Waals surface area (Å²) >= 11 is 0. The molecule has 16 heavy (non-hydrogen) atoms. The molecular formula is C14H19NO. The predicted octanol–water partition coefficient (Wildman–Crippen LogP) is 2.96. The van der Waals surface area contributed by atoms with Crippen LogP contribution in [0, 0.1) is 17.8 Å². The molecule has 1 aliphatic heterocycles. The van der Waals surface area contributed by atoms with Crippen molar-refractivity contribution in [2.24, 2.45) is 22.7 Å². The fraction of sp³-hybridized carbons (Fsp3) is 0.643. The van der Waals surface area contributed by atoms with Gasteiger partial charge in [0.15, 0.2) is 0 Å². The zero-order valence-corrected chi connectivity index (χ0v) is 9.86. The number of methoxy groups -OCH3 is 1. The molecule has 3 unspecified atom stereocenters. The van der Waals surface area contributed by atoms with Crippen LogP contribution >= 0.6 is 0 Å². The highest BCUT2D eigenvalue weighted by molar-refractivity contribution is 5.88. The Bertz CT molecular complexity index is 367. The molecular weight excluding hydrogens is 198 g/mol. The molecule has 0 N–H and O–H groups in total. The Morgan fingerprint density at radius 1 is 1.38 bits per heavy atom. The second-order valence-electron chi connectivity index (χ2n) is 5.01. The van der Waals surface area contributed by atoms with Crippen LogP contribution in [0.4, 0.5) is 0 Å². The van der Waals surface area contributed by atoms with Gasteiger partial charge in [-0.3, -0.25) is 4.99 Å². The second kappa shape index (κ2) is 4.08. The average molecular weight is 217 g/mol. The van der Waals surface area contributed by atoms with Gasteiger partial charge in [-0.25, -0.2) is 0 Å². The van der Waals surface area contributed by atoms with Gasteiger partial charge >= 0.3 is 0 Å². The smallest absolute Gasteiger partial charge is 0.0998 e. The van der Waals surface area contributed by atoms with Crippen molar-refractivity contribution < 1.29 is 4.74 Å². The molecule has 3 rings (SSSR count). The maximum Gasteiger partial charge on any atom is 0.0998 e. The van der Waals surface area contributed by atoms with Gasteiger partial charge in [0.05, 0.1) is 12.9 Å². The molecule has 0 bridgehead atoms. The van der Waals surface area contributed by atoms with Crippen LogP contribution in [0.2, 0.25) is 0 Å². The highest BCUT2D eigenvalue weighted by atomic mass is 16.5. The van der Waals surface area contributed by atoms with Crippen LogP contribution in [0.1, 0.15) is 25.7 Å². The van der Waals surface area contributed by atoms with Crippen molar-refractivity contribution in [1.82, 2.24) is 0 Å². The number of nitrogens with zero attached hydrogens (tertiary/aromatic N) is 1. The van der Waals surface area contributed by atoms with E-state index in [0.29, 0.717) is 17.8 Å². The van der Waals surface area contributed by atoms with Crippen LogP contribution in [-0.4, -0.2) is 19.4 Å².